The van der Waals surface area contributed by atoms with E-state index in [1.54, 1.807) is 29.8 Å². The third-order valence-electron chi connectivity index (χ3n) is 3.90. The van der Waals surface area contributed by atoms with Crippen LogP contribution in [0, 0.1) is 0 Å². The summed E-state index contributed by atoms with van der Waals surface area (Å²) in [6.07, 6.45) is 3.44. The number of hydrogen-bond acceptors (Lipinski definition) is 5. The van der Waals surface area contributed by atoms with Gasteiger partial charge < -0.3 is 0 Å². The van der Waals surface area contributed by atoms with Gasteiger partial charge in [0, 0.05) is 17.1 Å². The number of aromatic nitrogens is 2. The molecule has 3 aromatic heterocycles. The first kappa shape index (κ1) is 19.1. The Morgan fingerprint density at radius 1 is 1.07 bits per heavy atom. The van der Waals surface area contributed by atoms with Crippen molar-refractivity contribution < 1.29 is 0 Å². The van der Waals surface area contributed by atoms with E-state index in [4.69, 9.17) is 33.3 Å². The molecule has 0 spiro atoms. The zero-order valence-electron chi connectivity index (χ0n) is 14.7. The van der Waals surface area contributed by atoms with E-state index in [0.29, 0.717) is 10.0 Å². The van der Waals surface area contributed by atoms with Gasteiger partial charge in [-0.15, -0.1) is 22.7 Å². The van der Waals surface area contributed by atoms with Crippen LogP contribution in [0.15, 0.2) is 75.7 Å². The summed E-state index contributed by atoms with van der Waals surface area (Å²) in [4.78, 5) is 10.7. The highest BCUT2D eigenvalue weighted by Crippen LogP contribution is 2.29. The average Bonchev–Trinajstić information content (AvgIpc) is 3.36. The fourth-order valence-corrected chi connectivity index (χ4v) is 4.36. The normalized spacial score (nSPS) is 12.5. The molecule has 8 heteroatoms. The van der Waals surface area contributed by atoms with Crippen molar-refractivity contribution in [3.63, 3.8) is 0 Å². The second-order valence-corrected chi connectivity index (χ2v) is 8.43. The van der Waals surface area contributed by atoms with Crippen molar-refractivity contribution in [2.45, 2.75) is 6.92 Å². The first-order valence-corrected chi connectivity index (χ1v) is 10.8. The summed E-state index contributed by atoms with van der Waals surface area (Å²) >= 11 is 15.5. The lowest BCUT2D eigenvalue weighted by molar-refractivity contribution is 0.848. The lowest BCUT2D eigenvalue weighted by Gasteiger charge is -2.06. The zero-order valence-corrected chi connectivity index (χ0v) is 17.9. The summed E-state index contributed by atoms with van der Waals surface area (Å²) in [5.41, 5.74) is 3.48. The highest BCUT2D eigenvalue weighted by molar-refractivity contribution is 7.12. The van der Waals surface area contributed by atoms with Crippen LogP contribution in [0.4, 0.5) is 5.69 Å². The van der Waals surface area contributed by atoms with Crippen molar-refractivity contribution in [3.8, 4) is 11.3 Å². The van der Waals surface area contributed by atoms with Crippen LogP contribution in [0.3, 0.4) is 0 Å². The Balaban J connectivity index is 1.91. The molecule has 28 heavy (non-hydrogen) atoms. The number of pyridine rings is 1. The van der Waals surface area contributed by atoms with E-state index in [1.165, 1.54) is 11.3 Å². The van der Waals surface area contributed by atoms with E-state index in [9.17, 15) is 0 Å². The summed E-state index contributed by atoms with van der Waals surface area (Å²) in [6.45, 7) is 1.99. The molecule has 3 heterocycles. The molecule has 0 aliphatic carbocycles. The average molecular weight is 445 g/mol. The van der Waals surface area contributed by atoms with Gasteiger partial charge in [0.25, 0.3) is 0 Å². The maximum atomic E-state index is 6.24. The topological polar surface area (TPSA) is 42.5 Å². The first-order chi connectivity index (χ1) is 13.6. The molecule has 4 rings (SSSR count). The van der Waals surface area contributed by atoms with Gasteiger partial charge in [-0.25, -0.2) is 9.67 Å². The number of hydrogen-bond donors (Lipinski definition) is 0. The van der Waals surface area contributed by atoms with Crippen molar-refractivity contribution in [3.05, 3.63) is 85.3 Å². The molecule has 0 aliphatic heterocycles. The number of thiazole rings is 1. The molecule has 0 saturated heterocycles. The van der Waals surface area contributed by atoms with Crippen molar-refractivity contribution in [2.24, 2.45) is 10.1 Å². The Hall–Kier alpha value is -2.25. The smallest absolute Gasteiger partial charge is 0.211 e. The Bertz CT molecular complexity index is 1190. The summed E-state index contributed by atoms with van der Waals surface area (Å²) in [5.74, 6) is 0. The lowest BCUT2D eigenvalue weighted by Crippen LogP contribution is -2.13. The second-order valence-electron chi connectivity index (χ2n) is 5.83. The predicted molar refractivity (Wildman–Crippen MR) is 119 cm³/mol. The number of halogens is 2. The molecule has 0 saturated carbocycles. The van der Waals surface area contributed by atoms with Gasteiger partial charge in [0.15, 0.2) is 0 Å². The van der Waals surface area contributed by atoms with Crippen LogP contribution in [-0.2, 0) is 0 Å². The van der Waals surface area contributed by atoms with Gasteiger partial charge in [-0.05, 0) is 42.6 Å². The van der Waals surface area contributed by atoms with Gasteiger partial charge in [-0.2, -0.15) is 5.10 Å². The highest BCUT2D eigenvalue weighted by Gasteiger charge is 2.11. The quantitative estimate of drug-likeness (QED) is 0.331. The van der Waals surface area contributed by atoms with E-state index in [0.717, 1.165) is 32.3 Å². The van der Waals surface area contributed by atoms with Gasteiger partial charge >= 0.3 is 0 Å². The Kier molecular flexibility index (Phi) is 5.73. The summed E-state index contributed by atoms with van der Waals surface area (Å²) in [6, 6.07) is 13.4. The van der Waals surface area contributed by atoms with E-state index in [-0.39, 0.29) is 0 Å². The van der Waals surface area contributed by atoms with Gasteiger partial charge in [-0.1, -0.05) is 35.3 Å². The molecule has 0 radical (unpaired) electrons. The van der Waals surface area contributed by atoms with Crippen LogP contribution < -0.4 is 4.80 Å². The van der Waals surface area contributed by atoms with Crippen LogP contribution in [-0.4, -0.2) is 15.4 Å². The lowest BCUT2D eigenvalue weighted by atomic mass is 10.2. The monoisotopic (exact) mass is 444 g/mol. The Morgan fingerprint density at radius 2 is 1.96 bits per heavy atom. The van der Waals surface area contributed by atoms with Crippen molar-refractivity contribution in [2.75, 3.05) is 0 Å². The molecule has 0 amide bonds. The second kappa shape index (κ2) is 8.41. The predicted octanol–water partition coefficient (Wildman–Crippen LogP) is 6.48. The van der Waals surface area contributed by atoms with E-state index >= 15 is 0 Å². The summed E-state index contributed by atoms with van der Waals surface area (Å²) in [5, 5.41) is 9.92. The molecule has 4 aromatic rings. The van der Waals surface area contributed by atoms with Gasteiger partial charge in [0.1, 0.15) is 0 Å². The number of rotatable bonds is 4. The molecule has 0 bridgehead atoms. The molecule has 0 aliphatic rings. The van der Waals surface area contributed by atoms with E-state index in [2.05, 4.69) is 4.98 Å². The molecular weight excluding hydrogens is 431 g/mol. The first-order valence-electron chi connectivity index (χ1n) is 8.32. The largest absolute Gasteiger partial charge is 0.262 e. The third-order valence-corrected chi connectivity index (χ3v) is 6.43. The van der Waals surface area contributed by atoms with Gasteiger partial charge in [0.2, 0.25) is 4.80 Å². The molecule has 0 N–H and O–H groups in total. The molecule has 0 atom stereocenters. The van der Waals surface area contributed by atoms with Crippen LogP contribution in [0.25, 0.3) is 11.3 Å². The van der Waals surface area contributed by atoms with Crippen LogP contribution >= 0.6 is 45.9 Å². The molecule has 0 fully saturated rings. The molecule has 1 aromatic carbocycles. The number of thiophene rings is 1. The summed E-state index contributed by atoms with van der Waals surface area (Å²) < 4.78 is 1.84. The minimum atomic E-state index is 0.502. The third kappa shape index (κ3) is 4.10. The minimum absolute atomic E-state index is 0.502. The van der Waals surface area contributed by atoms with Crippen LogP contribution in [0.1, 0.15) is 11.8 Å². The Labute approximate surface area is 180 Å². The maximum Gasteiger partial charge on any atom is 0.211 e. The number of benzene rings is 1. The Morgan fingerprint density at radius 3 is 2.68 bits per heavy atom. The summed E-state index contributed by atoms with van der Waals surface area (Å²) in [7, 11) is 0. The van der Waals surface area contributed by atoms with E-state index in [1.807, 2.05) is 58.8 Å². The molecule has 0 unspecified atom stereocenters. The van der Waals surface area contributed by atoms with Crippen LogP contribution in [0.5, 0.6) is 0 Å². The minimum Gasteiger partial charge on any atom is -0.262 e. The van der Waals surface area contributed by atoms with Crippen molar-refractivity contribution in [1.29, 1.82) is 0 Å². The number of nitrogens with zero attached hydrogens (tertiary/aromatic N) is 4. The van der Waals surface area contributed by atoms with Crippen LogP contribution in [0.2, 0.25) is 10.0 Å². The van der Waals surface area contributed by atoms with E-state index < -0.39 is 0 Å². The highest BCUT2D eigenvalue weighted by atomic mass is 35.5. The standard InChI is InChI=1S/C20H14Cl2N4S2/c1-13(19-5-3-9-27-19)25-26-18(14-6-7-16(21)17(22)10-14)12-28-20(26)24-15-4-2-8-23-11-15/h2-12H,1H3. The van der Waals surface area contributed by atoms with Crippen molar-refractivity contribution in [1.82, 2.24) is 9.66 Å². The maximum absolute atomic E-state index is 6.24. The zero-order chi connectivity index (χ0) is 19.5. The van der Waals surface area contributed by atoms with Gasteiger partial charge in [0.05, 0.1) is 38.2 Å². The van der Waals surface area contributed by atoms with Gasteiger partial charge in [-0.3, -0.25) is 4.98 Å². The molecule has 4 nitrogen and oxygen atoms in total. The molecular formula is C20H14Cl2N4S2. The van der Waals surface area contributed by atoms with Crippen molar-refractivity contribution >= 4 is 57.3 Å². The fourth-order valence-electron chi connectivity index (χ4n) is 2.54. The SMILES string of the molecule is CC(=Nn1c(-c2ccc(Cl)c(Cl)c2)csc1=Nc1cccnc1)c1cccs1. The fraction of sp³-hybridized carbons (Fsp3) is 0.0500. The molecule has 140 valence electrons.